The lowest BCUT2D eigenvalue weighted by Gasteiger charge is -2.37. The van der Waals surface area contributed by atoms with Crippen molar-refractivity contribution in [2.75, 3.05) is 26.4 Å². The van der Waals surface area contributed by atoms with E-state index in [0.717, 1.165) is 23.4 Å². The summed E-state index contributed by atoms with van der Waals surface area (Å²) in [4.78, 5) is 67.6. The van der Waals surface area contributed by atoms with Gasteiger partial charge in [0.15, 0.2) is 0 Å². The number of alkyl halides is 1. The molecular weight excluding hydrogens is 691 g/mol. The molecule has 3 fully saturated rings. The predicted molar refractivity (Wildman–Crippen MR) is 170 cm³/mol. The highest BCUT2D eigenvalue weighted by Gasteiger charge is 2.62. The first-order valence-corrected chi connectivity index (χ1v) is 17.8. The van der Waals surface area contributed by atoms with E-state index in [4.69, 9.17) is 0 Å². The van der Waals surface area contributed by atoms with Crippen LogP contribution in [0.1, 0.15) is 73.6 Å². The molecule has 0 aromatic heterocycles. The molecule has 0 unspecified atom stereocenters. The number of rotatable bonds is 11. The molecule has 0 spiro atoms. The van der Waals surface area contributed by atoms with E-state index in [-0.39, 0.29) is 16.5 Å². The van der Waals surface area contributed by atoms with Gasteiger partial charge in [-0.05, 0) is 42.9 Å². The Morgan fingerprint density at radius 1 is 1.00 bits per heavy atom. The van der Waals surface area contributed by atoms with Gasteiger partial charge in [-0.15, -0.1) is 0 Å². The van der Waals surface area contributed by atoms with Gasteiger partial charge in [0.1, 0.15) is 17.6 Å². The number of likely N-dealkylation sites (tertiary alicyclic amines) is 1. The van der Waals surface area contributed by atoms with Crippen LogP contribution in [0.5, 0.6) is 0 Å². The zero-order valence-corrected chi connectivity index (χ0v) is 29.3. The monoisotopic (exact) mass is 738 g/mol. The fourth-order valence-corrected chi connectivity index (χ4v) is 6.56. The molecule has 1 heterocycles. The third-order valence-corrected chi connectivity index (χ3v) is 11.1. The lowest BCUT2D eigenvalue weighted by Crippen LogP contribution is -2.62. The summed E-state index contributed by atoms with van der Waals surface area (Å²) in [6.07, 6.45) is 4.05. The number of nitrogens with one attached hydrogen (secondary N) is 4. The zero-order chi connectivity index (χ0) is 32.7. The van der Waals surface area contributed by atoms with Crippen LogP contribution in [0.4, 0.5) is 4.79 Å². The summed E-state index contributed by atoms with van der Waals surface area (Å²) in [5.74, 6) is -2.29. The van der Waals surface area contributed by atoms with Crippen molar-refractivity contribution in [1.29, 1.82) is 0 Å². The number of Topliss-reactive ketones (excluding diaryl/α,β-unsaturated/α-hetero) is 1. The van der Waals surface area contributed by atoms with E-state index in [1.807, 2.05) is 20.8 Å². The summed E-state index contributed by atoms with van der Waals surface area (Å²) in [5.41, 5.74) is -2.52. The van der Waals surface area contributed by atoms with Gasteiger partial charge in [0.05, 0.1) is 6.26 Å². The SMILES string of the molecule is CN(C[C@@H](NC(=O)N[C@H](C(=O)N1CCC[C@H]1C(=O)N[C@]1(C(=O)C(=O)NC2CC2)C[C@@H]1I)C(C)(C)C)C(C)(C)C)S(C)(=O)=O. The molecule has 2 aliphatic carbocycles. The molecule has 4 N–H and O–H groups in total. The molecule has 1 saturated heterocycles. The quantitative estimate of drug-likeness (QED) is 0.139. The highest BCUT2D eigenvalue weighted by molar-refractivity contribution is 14.1. The van der Waals surface area contributed by atoms with Gasteiger partial charge in [-0.1, -0.05) is 64.1 Å². The molecule has 0 radical (unpaired) electrons. The summed E-state index contributed by atoms with van der Waals surface area (Å²) in [6.45, 7) is 11.4. The number of sulfonamides is 1. The molecule has 3 rings (SSSR count). The minimum absolute atomic E-state index is 0.0110. The van der Waals surface area contributed by atoms with Gasteiger partial charge < -0.3 is 26.2 Å². The fraction of sp³-hybridized carbons (Fsp3) is 0.821. The molecule has 15 heteroatoms. The largest absolute Gasteiger partial charge is 0.347 e. The second-order valence-electron chi connectivity index (χ2n) is 14.3. The van der Waals surface area contributed by atoms with Gasteiger partial charge >= 0.3 is 6.03 Å². The van der Waals surface area contributed by atoms with Crippen LogP contribution in [0.15, 0.2) is 0 Å². The van der Waals surface area contributed by atoms with Gasteiger partial charge in [-0.25, -0.2) is 17.5 Å². The zero-order valence-electron chi connectivity index (χ0n) is 26.4. The van der Waals surface area contributed by atoms with E-state index in [1.165, 1.54) is 11.9 Å². The number of likely N-dealkylation sites (N-methyl/N-ethyl adjacent to an activating group) is 1. The summed E-state index contributed by atoms with van der Waals surface area (Å²) >= 11 is 2.06. The number of halogens is 1. The number of carbonyl (C=O) groups is 5. The van der Waals surface area contributed by atoms with Crippen molar-refractivity contribution in [3.8, 4) is 0 Å². The third kappa shape index (κ3) is 8.80. The third-order valence-electron chi connectivity index (χ3n) is 8.33. The van der Waals surface area contributed by atoms with Crippen LogP contribution in [0.2, 0.25) is 0 Å². The summed E-state index contributed by atoms with van der Waals surface area (Å²) in [6, 6.07) is -3.05. The molecule has 0 aromatic carbocycles. The normalized spacial score (nSPS) is 25.5. The Morgan fingerprint density at radius 2 is 1.58 bits per heavy atom. The second-order valence-corrected chi connectivity index (χ2v) is 17.9. The summed E-state index contributed by atoms with van der Waals surface area (Å²) in [7, 11) is -2.05. The molecule has 5 atom stereocenters. The summed E-state index contributed by atoms with van der Waals surface area (Å²) < 4.78 is 25.0. The number of urea groups is 1. The minimum Gasteiger partial charge on any atom is -0.347 e. The first kappa shape index (κ1) is 35.5. The van der Waals surface area contributed by atoms with Crippen molar-refractivity contribution in [2.24, 2.45) is 10.8 Å². The van der Waals surface area contributed by atoms with Crippen molar-refractivity contribution >= 4 is 62.2 Å². The van der Waals surface area contributed by atoms with Crippen molar-refractivity contribution < 1.29 is 32.4 Å². The second kappa shape index (κ2) is 12.8. The van der Waals surface area contributed by atoms with Crippen LogP contribution in [0, 0.1) is 10.8 Å². The molecule has 13 nitrogen and oxygen atoms in total. The van der Waals surface area contributed by atoms with E-state index in [2.05, 4.69) is 43.9 Å². The van der Waals surface area contributed by atoms with Crippen molar-refractivity contribution in [2.45, 2.75) is 107 Å². The maximum absolute atomic E-state index is 13.9. The lowest BCUT2D eigenvalue weighted by atomic mass is 9.85. The van der Waals surface area contributed by atoms with Crippen LogP contribution in [-0.4, -0.2) is 107 Å². The van der Waals surface area contributed by atoms with Gasteiger partial charge in [0.25, 0.3) is 5.91 Å². The van der Waals surface area contributed by atoms with E-state index >= 15 is 0 Å². The van der Waals surface area contributed by atoms with Crippen molar-refractivity contribution in [1.82, 2.24) is 30.5 Å². The van der Waals surface area contributed by atoms with E-state index in [0.29, 0.717) is 25.8 Å². The number of ketones is 1. The predicted octanol–water partition coefficient (Wildman–Crippen LogP) is 0.907. The Bertz CT molecular complexity index is 1240. The van der Waals surface area contributed by atoms with E-state index < -0.39 is 74.1 Å². The van der Waals surface area contributed by atoms with E-state index in [9.17, 15) is 32.4 Å². The van der Waals surface area contributed by atoms with Crippen LogP contribution < -0.4 is 21.3 Å². The number of amides is 5. The average molecular weight is 739 g/mol. The smallest absolute Gasteiger partial charge is 0.315 e. The molecule has 3 aliphatic rings. The Morgan fingerprint density at radius 3 is 2.05 bits per heavy atom. The van der Waals surface area contributed by atoms with Crippen LogP contribution in [-0.2, 0) is 29.2 Å². The molecule has 5 amide bonds. The van der Waals surface area contributed by atoms with Gasteiger partial charge in [0.2, 0.25) is 27.6 Å². The highest BCUT2D eigenvalue weighted by Crippen LogP contribution is 2.44. The first-order valence-electron chi connectivity index (χ1n) is 14.7. The highest BCUT2D eigenvalue weighted by atomic mass is 127. The molecule has 43 heavy (non-hydrogen) atoms. The van der Waals surface area contributed by atoms with Gasteiger partial charge in [-0.2, -0.15) is 0 Å². The molecule has 2 saturated carbocycles. The van der Waals surface area contributed by atoms with Gasteiger partial charge in [-0.3, -0.25) is 19.2 Å². The van der Waals surface area contributed by atoms with Gasteiger partial charge in [0, 0.05) is 36.1 Å². The number of nitrogens with zero attached hydrogens (tertiary/aromatic N) is 2. The minimum atomic E-state index is -3.49. The standard InChI is InChI=1S/C28H47IN6O7S/c1-26(2,3)19(15-34(7)43(8,41)42)31-25(40)32-20(27(4,5)6)24(39)35-13-9-10-17(35)22(37)33-28(14-18(28)29)21(36)23(38)30-16-11-12-16/h16-20H,9-15H2,1-8H3,(H,30,38)(H,33,37)(H2,31,32,40)/t17-,18-,19+,20+,28+/m0/s1. The summed E-state index contributed by atoms with van der Waals surface area (Å²) in [5, 5.41) is 11.1. The molecule has 0 aromatic rings. The maximum atomic E-state index is 13.9. The Balaban J connectivity index is 1.72. The van der Waals surface area contributed by atoms with E-state index in [1.54, 1.807) is 20.8 Å². The Kier molecular flexibility index (Phi) is 10.5. The number of hydrogen-bond donors (Lipinski definition) is 4. The lowest BCUT2D eigenvalue weighted by molar-refractivity contribution is -0.144. The van der Waals surface area contributed by atoms with Crippen LogP contribution in [0.25, 0.3) is 0 Å². The number of carbonyl (C=O) groups excluding carboxylic acids is 5. The molecule has 0 bridgehead atoms. The van der Waals surface area contributed by atoms with Crippen molar-refractivity contribution in [3.05, 3.63) is 0 Å². The molecular formula is C28H47IN6O7S. The topological polar surface area (TPSA) is 174 Å². The fourth-order valence-electron chi connectivity index (χ4n) is 5.01. The molecule has 244 valence electrons. The maximum Gasteiger partial charge on any atom is 0.315 e. The Hall–Kier alpha value is -2.01. The Labute approximate surface area is 268 Å². The average Bonchev–Trinajstić information content (AvgIpc) is 3.74. The number of hydrogen-bond acceptors (Lipinski definition) is 7. The molecule has 1 aliphatic heterocycles. The van der Waals surface area contributed by atoms with Crippen molar-refractivity contribution in [3.63, 3.8) is 0 Å². The van der Waals surface area contributed by atoms with Crippen LogP contribution >= 0.6 is 22.6 Å². The first-order chi connectivity index (χ1) is 19.6. The van der Waals surface area contributed by atoms with Crippen LogP contribution in [0.3, 0.4) is 0 Å².